The third-order valence-corrected chi connectivity index (χ3v) is 3.85. The fourth-order valence-corrected chi connectivity index (χ4v) is 2.50. The maximum absolute atomic E-state index is 12.3. The van der Waals surface area contributed by atoms with Gasteiger partial charge in [0.15, 0.2) is 22.3 Å². The molecule has 3 aromatic heterocycles. The Bertz CT molecular complexity index is 1310. The number of carbonyl (C=O) groups excluding carboxylic acids is 1. The standard InChI is InChI=1S/C13H13N7O5/c1-17-8-6(10(22)18(2)12(17)24)15-7-9(16-8)20(4-5(14)21)13(25)19(3)11(7)23/h4H2,1-3H3,(H2,14,21). The third-order valence-electron chi connectivity index (χ3n) is 3.85. The monoisotopic (exact) mass is 347 g/mol. The zero-order valence-corrected chi connectivity index (χ0v) is 13.5. The predicted octanol–water partition coefficient (Wildman–Crippen LogP) is -3.47. The van der Waals surface area contributed by atoms with E-state index in [0.29, 0.717) is 0 Å². The molecule has 0 bridgehead atoms. The molecule has 3 rings (SSSR count). The molecule has 12 heteroatoms. The summed E-state index contributed by atoms with van der Waals surface area (Å²) in [4.78, 5) is 68.3. The second kappa shape index (κ2) is 5.22. The van der Waals surface area contributed by atoms with Crippen LogP contribution in [0.3, 0.4) is 0 Å². The van der Waals surface area contributed by atoms with Crippen molar-refractivity contribution in [1.82, 2.24) is 28.2 Å². The average Bonchev–Trinajstić information content (AvgIpc) is 2.58. The third kappa shape index (κ3) is 2.18. The number of nitrogens with two attached hydrogens (primary N) is 1. The van der Waals surface area contributed by atoms with E-state index < -0.39 is 34.9 Å². The van der Waals surface area contributed by atoms with Gasteiger partial charge in [-0.25, -0.2) is 19.6 Å². The van der Waals surface area contributed by atoms with Crippen LogP contribution in [-0.2, 0) is 32.5 Å². The van der Waals surface area contributed by atoms with Crippen molar-refractivity contribution < 1.29 is 4.79 Å². The van der Waals surface area contributed by atoms with E-state index in [2.05, 4.69) is 9.97 Å². The van der Waals surface area contributed by atoms with E-state index in [4.69, 9.17) is 5.73 Å². The van der Waals surface area contributed by atoms with Gasteiger partial charge >= 0.3 is 11.4 Å². The van der Waals surface area contributed by atoms with Gasteiger partial charge in [0, 0.05) is 21.1 Å². The summed E-state index contributed by atoms with van der Waals surface area (Å²) in [6.45, 7) is -0.539. The van der Waals surface area contributed by atoms with Gasteiger partial charge in [0.05, 0.1) is 0 Å². The summed E-state index contributed by atoms with van der Waals surface area (Å²) in [5.74, 6) is -0.832. The van der Waals surface area contributed by atoms with Crippen molar-refractivity contribution in [2.75, 3.05) is 0 Å². The predicted molar refractivity (Wildman–Crippen MR) is 86.2 cm³/mol. The van der Waals surface area contributed by atoms with Gasteiger partial charge in [0.2, 0.25) is 5.91 Å². The summed E-state index contributed by atoms with van der Waals surface area (Å²) < 4.78 is 3.48. The minimum absolute atomic E-state index is 0.119. The van der Waals surface area contributed by atoms with Crippen molar-refractivity contribution in [2.24, 2.45) is 26.9 Å². The van der Waals surface area contributed by atoms with Crippen LogP contribution in [0.1, 0.15) is 0 Å². The van der Waals surface area contributed by atoms with E-state index >= 15 is 0 Å². The number of aromatic nitrogens is 6. The van der Waals surface area contributed by atoms with Crippen LogP contribution in [0.2, 0.25) is 0 Å². The zero-order valence-electron chi connectivity index (χ0n) is 13.5. The molecule has 0 aromatic carbocycles. The van der Waals surface area contributed by atoms with E-state index in [9.17, 15) is 24.0 Å². The van der Waals surface area contributed by atoms with E-state index in [1.807, 2.05) is 0 Å². The zero-order chi connectivity index (χ0) is 18.6. The summed E-state index contributed by atoms with van der Waals surface area (Å²) in [6.07, 6.45) is 0. The van der Waals surface area contributed by atoms with Crippen LogP contribution in [0.25, 0.3) is 22.3 Å². The second-order valence-electron chi connectivity index (χ2n) is 5.47. The highest BCUT2D eigenvalue weighted by atomic mass is 16.2. The van der Waals surface area contributed by atoms with E-state index in [1.54, 1.807) is 0 Å². The SMILES string of the molecule is Cn1c(=O)c2nc3c(=O)n(C)c(=O)n(CC(N)=O)c3nc2n(C)c1=O. The number of nitrogens with zero attached hydrogens (tertiary/aromatic N) is 6. The van der Waals surface area contributed by atoms with E-state index in [0.717, 1.165) is 18.3 Å². The Labute approximate surface area is 137 Å². The Hall–Kier alpha value is -3.57. The Balaban J connectivity index is 2.68. The highest BCUT2D eigenvalue weighted by Crippen LogP contribution is 2.08. The Morgan fingerprint density at radius 3 is 1.92 bits per heavy atom. The smallest absolute Gasteiger partial charge is 0.332 e. The molecule has 130 valence electrons. The highest BCUT2D eigenvalue weighted by molar-refractivity contribution is 5.82. The molecule has 0 saturated heterocycles. The summed E-state index contributed by atoms with van der Waals surface area (Å²) in [7, 11) is 3.83. The maximum atomic E-state index is 12.3. The van der Waals surface area contributed by atoms with E-state index in [1.165, 1.54) is 21.1 Å². The van der Waals surface area contributed by atoms with Gasteiger partial charge in [0.1, 0.15) is 6.54 Å². The number of primary amides is 1. The van der Waals surface area contributed by atoms with Crippen molar-refractivity contribution in [3.8, 4) is 0 Å². The molecule has 0 aliphatic rings. The van der Waals surface area contributed by atoms with Gasteiger partial charge in [-0.15, -0.1) is 0 Å². The average molecular weight is 347 g/mol. The normalized spacial score (nSPS) is 11.3. The molecule has 12 nitrogen and oxygen atoms in total. The maximum Gasteiger partial charge on any atom is 0.332 e. The first kappa shape index (κ1) is 16.3. The van der Waals surface area contributed by atoms with Gasteiger partial charge in [-0.2, -0.15) is 0 Å². The fraction of sp³-hybridized carbons (Fsp3) is 0.308. The van der Waals surface area contributed by atoms with E-state index in [-0.39, 0.29) is 22.3 Å². The first-order valence-electron chi connectivity index (χ1n) is 7.00. The fourth-order valence-electron chi connectivity index (χ4n) is 2.50. The van der Waals surface area contributed by atoms with Crippen LogP contribution in [0.4, 0.5) is 0 Å². The molecule has 0 aliphatic heterocycles. The van der Waals surface area contributed by atoms with Crippen molar-refractivity contribution in [3.05, 3.63) is 41.7 Å². The lowest BCUT2D eigenvalue weighted by atomic mass is 10.4. The Morgan fingerprint density at radius 2 is 1.36 bits per heavy atom. The van der Waals surface area contributed by atoms with Gasteiger partial charge in [-0.1, -0.05) is 0 Å². The van der Waals surface area contributed by atoms with Crippen LogP contribution >= 0.6 is 0 Å². The molecular formula is C13H13N7O5. The molecule has 0 aliphatic carbocycles. The van der Waals surface area contributed by atoms with Crippen LogP contribution in [0.15, 0.2) is 19.2 Å². The van der Waals surface area contributed by atoms with Crippen molar-refractivity contribution >= 4 is 28.2 Å². The molecular weight excluding hydrogens is 334 g/mol. The molecule has 0 fully saturated rings. The van der Waals surface area contributed by atoms with Crippen molar-refractivity contribution in [1.29, 1.82) is 0 Å². The van der Waals surface area contributed by atoms with Gasteiger partial charge in [-0.05, 0) is 0 Å². The number of rotatable bonds is 2. The highest BCUT2D eigenvalue weighted by Gasteiger charge is 2.19. The van der Waals surface area contributed by atoms with Crippen LogP contribution in [0, 0.1) is 0 Å². The van der Waals surface area contributed by atoms with Gasteiger partial charge in [-0.3, -0.25) is 32.7 Å². The van der Waals surface area contributed by atoms with Crippen LogP contribution < -0.4 is 28.2 Å². The number of hydrogen-bond acceptors (Lipinski definition) is 7. The lowest BCUT2D eigenvalue weighted by molar-refractivity contribution is -0.118. The summed E-state index contributed by atoms with van der Waals surface area (Å²) in [6, 6.07) is 0. The van der Waals surface area contributed by atoms with Crippen molar-refractivity contribution in [2.45, 2.75) is 6.54 Å². The topological polar surface area (TPSA) is 157 Å². The number of amides is 1. The summed E-state index contributed by atoms with van der Waals surface area (Å²) in [5, 5.41) is 0. The lowest BCUT2D eigenvalue weighted by Gasteiger charge is -2.11. The Morgan fingerprint density at radius 1 is 0.840 bits per heavy atom. The van der Waals surface area contributed by atoms with Gasteiger partial charge in [0.25, 0.3) is 11.1 Å². The summed E-state index contributed by atoms with van der Waals surface area (Å²) >= 11 is 0. The minimum Gasteiger partial charge on any atom is -0.368 e. The summed E-state index contributed by atoms with van der Waals surface area (Å²) in [5.41, 5.74) is 1.30. The molecule has 2 N–H and O–H groups in total. The number of aryl methyl sites for hydroxylation is 1. The minimum atomic E-state index is -0.832. The second-order valence-corrected chi connectivity index (χ2v) is 5.47. The Kier molecular flexibility index (Phi) is 3.40. The number of hydrogen-bond donors (Lipinski definition) is 1. The molecule has 1 amide bonds. The quantitative estimate of drug-likeness (QED) is 0.472. The molecule has 3 heterocycles. The molecule has 0 atom stereocenters. The first-order chi connectivity index (χ1) is 11.6. The lowest BCUT2D eigenvalue weighted by Crippen LogP contribution is -2.42. The molecule has 0 unspecified atom stereocenters. The largest absolute Gasteiger partial charge is 0.368 e. The molecule has 25 heavy (non-hydrogen) atoms. The molecule has 0 spiro atoms. The molecule has 3 aromatic rings. The van der Waals surface area contributed by atoms with Crippen LogP contribution in [0.5, 0.6) is 0 Å². The first-order valence-corrected chi connectivity index (χ1v) is 7.00. The van der Waals surface area contributed by atoms with Gasteiger partial charge < -0.3 is 5.73 Å². The van der Waals surface area contributed by atoms with Crippen molar-refractivity contribution in [3.63, 3.8) is 0 Å². The molecule has 0 radical (unpaired) electrons. The molecule has 0 saturated carbocycles. The van der Waals surface area contributed by atoms with Crippen LogP contribution in [-0.4, -0.2) is 34.1 Å². The number of fused-ring (bicyclic) bond motifs is 2. The number of carbonyl (C=O) groups is 1.